The number of hydrogen-bond donors (Lipinski definition) is 2. The summed E-state index contributed by atoms with van der Waals surface area (Å²) >= 11 is 0. The summed E-state index contributed by atoms with van der Waals surface area (Å²) in [5, 5.41) is 7.73. The van der Waals surface area contributed by atoms with Gasteiger partial charge in [0.2, 0.25) is 0 Å². The van der Waals surface area contributed by atoms with Crippen molar-refractivity contribution in [3.63, 3.8) is 0 Å². The zero-order valence-electron chi connectivity index (χ0n) is 17.6. The average Bonchev–Trinajstić information content (AvgIpc) is 3.41. The normalized spacial score (nSPS) is 14.6. The summed E-state index contributed by atoms with van der Waals surface area (Å²) < 4.78 is 12.6. The van der Waals surface area contributed by atoms with Crippen molar-refractivity contribution in [1.82, 2.24) is 15.1 Å². The lowest BCUT2D eigenvalue weighted by Crippen LogP contribution is -3.13. The number of benzene rings is 1. The van der Waals surface area contributed by atoms with Crippen LogP contribution < -0.4 is 15.0 Å². The third-order valence-corrected chi connectivity index (χ3v) is 5.58. The second-order valence-corrected chi connectivity index (χ2v) is 7.75. The Balaban J connectivity index is 1.55. The lowest BCUT2D eigenvalue weighted by molar-refractivity contribution is -0.903. The number of amides is 1. The van der Waals surface area contributed by atoms with Crippen LogP contribution in [0.5, 0.6) is 5.75 Å². The van der Waals surface area contributed by atoms with Gasteiger partial charge in [-0.3, -0.25) is 4.79 Å². The third-order valence-electron chi connectivity index (χ3n) is 5.58. The highest BCUT2D eigenvalue weighted by Crippen LogP contribution is 2.24. The SMILES string of the molecule is COc1ccc(-n2nc(-c3ccc(C)o3)cc2C(=O)NCC[NH+]2CCCCC2)cc1. The highest BCUT2D eigenvalue weighted by molar-refractivity contribution is 5.94. The van der Waals surface area contributed by atoms with Gasteiger partial charge in [-0.25, -0.2) is 4.68 Å². The third kappa shape index (κ3) is 4.57. The van der Waals surface area contributed by atoms with Gasteiger partial charge in [-0.05, 0) is 62.6 Å². The van der Waals surface area contributed by atoms with Gasteiger partial charge in [-0.2, -0.15) is 5.10 Å². The van der Waals surface area contributed by atoms with E-state index in [-0.39, 0.29) is 5.91 Å². The monoisotopic (exact) mass is 409 g/mol. The van der Waals surface area contributed by atoms with E-state index in [1.54, 1.807) is 22.8 Å². The number of furan rings is 1. The maximum absolute atomic E-state index is 13.0. The van der Waals surface area contributed by atoms with Crippen LogP contribution in [0.25, 0.3) is 17.1 Å². The molecule has 2 N–H and O–H groups in total. The number of piperidine rings is 1. The Labute approximate surface area is 176 Å². The number of carbonyl (C=O) groups excluding carboxylic acids is 1. The summed E-state index contributed by atoms with van der Waals surface area (Å²) in [4.78, 5) is 14.6. The van der Waals surface area contributed by atoms with Gasteiger partial charge < -0.3 is 19.4 Å². The minimum atomic E-state index is -0.135. The van der Waals surface area contributed by atoms with Crippen LogP contribution in [-0.2, 0) is 0 Å². The van der Waals surface area contributed by atoms with Crippen molar-refractivity contribution in [3.8, 4) is 22.9 Å². The molecule has 7 nitrogen and oxygen atoms in total. The number of hydrogen-bond acceptors (Lipinski definition) is 4. The molecule has 1 saturated heterocycles. The van der Waals surface area contributed by atoms with Crippen molar-refractivity contribution in [1.29, 1.82) is 0 Å². The predicted octanol–water partition coefficient (Wildman–Crippen LogP) is 2.25. The number of nitrogens with one attached hydrogen (secondary N) is 2. The number of quaternary nitrogens is 1. The minimum Gasteiger partial charge on any atom is -0.497 e. The first-order valence-corrected chi connectivity index (χ1v) is 10.6. The topological polar surface area (TPSA) is 73.7 Å². The van der Waals surface area contributed by atoms with Gasteiger partial charge in [0.05, 0.1) is 39.0 Å². The zero-order chi connectivity index (χ0) is 20.9. The molecule has 1 aliphatic rings. The highest BCUT2D eigenvalue weighted by Gasteiger charge is 2.20. The summed E-state index contributed by atoms with van der Waals surface area (Å²) in [6.07, 6.45) is 3.88. The van der Waals surface area contributed by atoms with Gasteiger partial charge in [-0.1, -0.05) is 0 Å². The molecule has 0 spiro atoms. The Morgan fingerprint density at radius 3 is 2.60 bits per heavy atom. The molecule has 0 radical (unpaired) electrons. The lowest BCUT2D eigenvalue weighted by Gasteiger charge is -2.23. The van der Waals surface area contributed by atoms with Crippen molar-refractivity contribution in [2.45, 2.75) is 26.2 Å². The Kier molecular flexibility index (Phi) is 6.18. The van der Waals surface area contributed by atoms with Crippen LogP contribution >= 0.6 is 0 Å². The van der Waals surface area contributed by atoms with E-state index in [9.17, 15) is 4.79 Å². The second-order valence-electron chi connectivity index (χ2n) is 7.75. The number of likely N-dealkylation sites (tertiary alicyclic amines) is 1. The quantitative estimate of drug-likeness (QED) is 0.628. The van der Waals surface area contributed by atoms with Crippen LogP contribution in [0.15, 0.2) is 46.9 Å². The first-order chi connectivity index (χ1) is 14.6. The fourth-order valence-electron chi connectivity index (χ4n) is 3.90. The van der Waals surface area contributed by atoms with Crippen LogP contribution in [0.2, 0.25) is 0 Å². The second kappa shape index (κ2) is 9.17. The molecule has 0 bridgehead atoms. The number of aryl methyl sites for hydroxylation is 1. The fourth-order valence-corrected chi connectivity index (χ4v) is 3.90. The Morgan fingerprint density at radius 1 is 1.17 bits per heavy atom. The summed E-state index contributed by atoms with van der Waals surface area (Å²) in [7, 11) is 1.63. The average molecular weight is 410 g/mol. The van der Waals surface area contributed by atoms with Crippen LogP contribution in [0.4, 0.5) is 0 Å². The van der Waals surface area contributed by atoms with Crippen LogP contribution in [0.1, 0.15) is 35.5 Å². The first-order valence-electron chi connectivity index (χ1n) is 10.6. The molecule has 3 heterocycles. The zero-order valence-corrected chi connectivity index (χ0v) is 17.6. The molecule has 0 saturated carbocycles. The molecule has 0 atom stereocenters. The van der Waals surface area contributed by atoms with Gasteiger partial charge in [-0.15, -0.1) is 0 Å². The lowest BCUT2D eigenvalue weighted by atomic mass is 10.1. The number of carbonyl (C=O) groups is 1. The van der Waals surface area contributed by atoms with Crippen LogP contribution in [0.3, 0.4) is 0 Å². The smallest absolute Gasteiger partial charge is 0.270 e. The first kappa shape index (κ1) is 20.2. The van der Waals surface area contributed by atoms with Gasteiger partial charge in [0.1, 0.15) is 22.9 Å². The van der Waals surface area contributed by atoms with E-state index in [1.165, 1.54) is 32.4 Å². The van der Waals surface area contributed by atoms with Crippen molar-refractivity contribution < 1.29 is 18.8 Å². The number of methoxy groups -OCH3 is 1. The van der Waals surface area contributed by atoms with E-state index >= 15 is 0 Å². The van der Waals surface area contributed by atoms with Crippen molar-refractivity contribution in [2.24, 2.45) is 0 Å². The molecule has 3 aromatic rings. The molecule has 2 aromatic heterocycles. The number of ether oxygens (including phenoxy) is 1. The van der Waals surface area contributed by atoms with Gasteiger partial charge in [0.25, 0.3) is 5.91 Å². The molecule has 158 valence electrons. The molecule has 0 aliphatic carbocycles. The summed E-state index contributed by atoms with van der Waals surface area (Å²) in [6, 6.07) is 13.0. The van der Waals surface area contributed by atoms with E-state index in [1.807, 2.05) is 43.3 Å². The van der Waals surface area contributed by atoms with E-state index < -0.39 is 0 Å². The van der Waals surface area contributed by atoms with E-state index in [2.05, 4.69) is 10.4 Å². The van der Waals surface area contributed by atoms with E-state index in [4.69, 9.17) is 9.15 Å². The molecule has 0 unspecified atom stereocenters. The van der Waals surface area contributed by atoms with Crippen LogP contribution in [0, 0.1) is 6.92 Å². The molecular formula is C23H29N4O3+. The van der Waals surface area contributed by atoms with E-state index in [0.29, 0.717) is 23.7 Å². The Hall–Kier alpha value is -3.06. The molecule has 1 aromatic carbocycles. The highest BCUT2D eigenvalue weighted by atomic mass is 16.5. The summed E-state index contributed by atoms with van der Waals surface area (Å²) in [5.41, 5.74) is 1.90. The van der Waals surface area contributed by atoms with Crippen molar-refractivity contribution in [3.05, 3.63) is 53.9 Å². The number of aromatic nitrogens is 2. The van der Waals surface area contributed by atoms with Gasteiger partial charge in [0, 0.05) is 6.07 Å². The summed E-state index contributed by atoms with van der Waals surface area (Å²) in [6.45, 7) is 5.88. The number of nitrogens with zero attached hydrogens (tertiary/aromatic N) is 2. The molecule has 1 amide bonds. The molecule has 7 heteroatoms. The fraction of sp³-hybridized carbons (Fsp3) is 0.391. The molecule has 1 fully saturated rings. The van der Waals surface area contributed by atoms with Gasteiger partial charge in [0.15, 0.2) is 5.76 Å². The maximum atomic E-state index is 13.0. The largest absolute Gasteiger partial charge is 0.497 e. The molecular weight excluding hydrogens is 380 g/mol. The van der Waals surface area contributed by atoms with Gasteiger partial charge >= 0.3 is 0 Å². The maximum Gasteiger partial charge on any atom is 0.270 e. The number of rotatable bonds is 7. The minimum absolute atomic E-state index is 0.135. The molecule has 30 heavy (non-hydrogen) atoms. The predicted molar refractivity (Wildman–Crippen MR) is 114 cm³/mol. The Morgan fingerprint density at radius 2 is 1.93 bits per heavy atom. The Bertz CT molecular complexity index is 984. The standard InChI is InChI=1S/C23H28N4O3/c1-17-6-11-22(30-17)20-16-21(23(28)24-12-15-26-13-4-3-5-14-26)27(25-20)18-7-9-19(29-2)10-8-18/h6-11,16H,3-5,12-15H2,1-2H3,(H,24,28)/p+1. The molecule has 4 rings (SSSR count). The van der Waals surface area contributed by atoms with Crippen molar-refractivity contribution >= 4 is 5.91 Å². The summed E-state index contributed by atoms with van der Waals surface area (Å²) in [5.74, 6) is 2.07. The van der Waals surface area contributed by atoms with Crippen molar-refractivity contribution in [2.75, 3.05) is 33.3 Å². The van der Waals surface area contributed by atoms with Crippen LogP contribution in [-0.4, -0.2) is 49.0 Å². The van der Waals surface area contributed by atoms with E-state index in [0.717, 1.165) is 23.7 Å². The molecule has 1 aliphatic heterocycles.